The van der Waals surface area contributed by atoms with Gasteiger partial charge in [-0.15, -0.1) is 0 Å². The van der Waals surface area contributed by atoms with Crippen LogP contribution < -0.4 is 5.73 Å². The van der Waals surface area contributed by atoms with E-state index in [2.05, 4.69) is 24.5 Å². The monoisotopic (exact) mass is 260 g/mol. The fourth-order valence-corrected chi connectivity index (χ4v) is 4.24. The highest BCUT2D eigenvalue weighted by molar-refractivity contribution is 5.32. The van der Waals surface area contributed by atoms with Crippen LogP contribution in [0.15, 0.2) is 6.07 Å². The molecule has 19 heavy (non-hydrogen) atoms. The second-order valence-electron chi connectivity index (χ2n) is 6.93. The van der Waals surface area contributed by atoms with Crippen LogP contribution in [0.4, 0.5) is 0 Å². The van der Waals surface area contributed by atoms with E-state index >= 15 is 0 Å². The summed E-state index contributed by atoms with van der Waals surface area (Å²) in [6.45, 7) is 5.91. The zero-order chi connectivity index (χ0) is 13.4. The van der Waals surface area contributed by atoms with Crippen molar-refractivity contribution in [2.24, 2.45) is 17.6 Å². The summed E-state index contributed by atoms with van der Waals surface area (Å²) < 4.78 is 2.59. The molecule has 2 aliphatic rings. The summed E-state index contributed by atoms with van der Waals surface area (Å²) in [7, 11) is 0. The smallest absolute Gasteiger partial charge is 0.0313 e. The third kappa shape index (κ3) is 2.60. The van der Waals surface area contributed by atoms with Crippen LogP contribution in [-0.2, 0) is 13.0 Å². The summed E-state index contributed by atoms with van der Waals surface area (Å²) >= 11 is 0. The second kappa shape index (κ2) is 5.32. The zero-order valence-corrected chi connectivity index (χ0v) is 12.5. The Hall–Kier alpha value is -0.760. The summed E-state index contributed by atoms with van der Waals surface area (Å²) in [4.78, 5) is 0. The number of aromatic nitrogens is 1. The van der Waals surface area contributed by atoms with E-state index < -0.39 is 0 Å². The van der Waals surface area contributed by atoms with Crippen molar-refractivity contribution in [1.29, 1.82) is 0 Å². The maximum atomic E-state index is 6.27. The van der Waals surface area contributed by atoms with E-state index in [4.69, 9.17) is 5.73 Å². The normalized spacial score (nSPS) is 31.2. The number of aryl methyl sites for hydroxylation is 1. The van der Waals surface area contributed by atoms with Gasteiger partial charge in [0.15, 0.2) is 0 Å². The molecule has 0 radical (unpaired) electrons. The predicted octanol–water partition coefficient (Wildman–Crippen LogP) is 3.96. The lowest BCUT2D eigenvalue weighted by atomic mass is 9.82. The molecule has 0 bridgehead atoms. The first-order chi connectivity index (χ1) is 9.15. The fourth-order valence-electron chi connectivity index (χ4n) is 4.24. The first kappa shape index (κ1) is 13.2. The second-order valence-corrected chi connectivity index (χ2v) is 6.93. The highest BCUT2D eigenvalue weighted by Crippen LogP contribution is 2.34. The Balaban J connectivity index is 1.81. The maximum Gasteiger partial charge on any atom is 0.0313 e. The Morgan fingerprint density at radius 1 is 1.26 bits per heavy atom. The van der Waals surface area contributed by atoms with Gasteiger partial charge in [0.25, 0.3) is 0 Å². The number of hydrogen-bond acceptors (Lipinski definition) is 1. The van der Waals surface area contributed by atoms with Crippen LogP contribution >= 0.6 is 0 Å². The first-order valence-corrected chi connectivity index (χ1v) is 8.09. The van der Waals surface area contributed by atoms with Crippen molar-refractivity contribution in [2.75, 3.05) is 0 Å². The topological polar surface area (TPSA) is 30.9 Å². The summed E-state index contributed by atoms with van der Waals surface area (Å²) in [6, 6.07) is 2.64. The van der Waals surface area contributed by atoms with Gasteiger partial charge in [-0.2, -0.15) is 0 Å². The molecule has 2 heteroatoms. The quantitative estimate of drug-likeness (QED) is 0.857. The third-order valence-electron chi connectivity index (χ3n) is 5.26. The maximum absolute atomic E-state index is 6.27. The zero-order valence-electron chi connectivity index (χ0n) is 12.5. The standard InChI is InChI=1S/C17H28N2/c1-12-5-3-6-14(9-12)11-19-13(2)10-15-16(18)7-4-8-17(15)19/h10,12,14,16H,3-9,11,18H2,1-2H3. The van der Waals surface area contributed by atoms with Crippen LogP contribution in [0.25, 0.3) is 0 Å². The van der Waals surface area contributed by atoms with Crippen LogP contribution in [0.5, 0.6) is 0 Å². The molecule has 2 nitrogen and oxygen atoms in total. The van der Waals surface area contributed by atoms with E-state index in [0.29, 0.717) is 0 Å². The van der Waals surface area contributed by atoms with Crippen molar-refractivity contribution in [1.82, 2.24) is 4.57 Å². The molecule has 0 spiro atoms. The van der Waals surface area contributed by atoms with Crippen LogP contribution in [0, 0.1) is 18.8 Å². The summed E-state index contributed by atoms with van der Waals surface area (Å²) in [5, 5.41) is 0. The number of nitrogens with zero attached hydrogens (tertiary/aromatic N) is 1. The van der Waals surface area contributed by atoms with Gasteiger partial charge in [-0.1, -0.05) is 19.8 Å². The molecule has 2 N–H and O–H groups in total. The van der Waals surface area contributed by atoms with Gasteiger partial charge in [0, 0.05) is 24.0 Å². The minimum absolute atomic E-state index is 0.286. The summed E-state index contributed by atoms with van der Waals surface area (Å²) in [6.07, 6.45) is 9.36. The van der Waals surface area contributed by atoms with Gasteiger partial charge < -0.3 is 10.3 Å². The van der Waals surface area contributed by atoms with Crippen molar-refractivity contribution < 1.29 is 0 Å². The van der Waals surface area contributed by atoms with Gasteiger partial charge in [0.1, 0.15) is 0 Å². The minimum Gasteiger partial charge on any atom is -0.348 e. The van der Waals surface area contributed by atoms with E-state index in [0.717, 1.165) is 18.3 Å². The molecular weight excluding hydrogens is 232 g/mol. The van der Waals surface area contributed by atoms with Crippen LogP contribution in [0.2, 0.25) is 0 Å². The molecule has 3 atom stereocenters. The van der Waals surface area contributed by atoms with Gasteiger partial charge in [0.05, 0.1) is 0 Å². The van der Waals surface area contributed by atoms with Gasteiger partial charge in [-0.25, -0.2) is 0 Å². The number of rotatable bonds is 2. The predicted molar refractivity (Wildman–Crippen MR) is 80.2 cm³/mol. The lowest BCUT2D eigenvalue weighted by Crippen LogP contribution is -2.22. The molecule has 0 saturated heterocycles. The van der Waals surface area contributed by atoms with E-state index in [9.17, 15) is 0 Å². The molecule has 0 amide bonds. The molecule has 2 aliphatic carbocycles. The van der Waals surface area contributed by atoms with Gasteiger partial charge in [-0.3, -0.25) is 0 Å². The molecule has 1 heterocycles. The number of fused-ring (bicyclic) bond motifs is 1. The Labute approximate surface area is 117 Å². The minimum atomic E-state index is 0.286. The average Bonchev–Trinajstić information content (AvgIpc) is 2.69. The van der Waals surface area contributed by atoms with Crippen molar-refractivity contribution in [2.45, 2.75) is 71.4 Å². The number of nitrogens with two attached hydrogens (primary N) is 1. The average molecular weight is 260 g/mol. The van der Waals surface area contributed by atoms with Crippen LogP contribution in [0.3, 0.4) is 0 Å². The molecule has 1 saturated carbocycles. The summed E-state index contributed by atoms with van der Waals surface area (Å²) in [5.74, 6) is 1.81. The van der Waals surface area contributed by atoms with Crippen LogP contribution in [-0.4, -0.2) is 4.57 Å². The highest BCUT2D eigenvalue weighted by atomic mass is 15.0. The van der Waals surface area contributed by atoms with Crippen molar-refractivity contribution >= 4 is 0 Å². The third-order valence-corrected chi connectivity index (χ3v) is 5.26. The Kier molecular flexibility index (Phi) is 3.70. The van der Waals surface area contributed by atoms with Crippen molar-refractivity contribution in [3.63, 3.8) is 0 Å². The van der Waals surface area contributed by atoms with E-state index in [-0.39, 0.29) is 6.04 Å². The molecule has 3 unspecified atom stereocenters. The largest absolute Gasteiger partial charge is 0.348 e. The Morgan fingerprint density at radius 3 is 2.89 bits per heavy atom. The molecule has 0 aliphatic heterocycles. The highest BCUT2D eigenvalue weighted by Gasteiger charge is 2.25. The lowest BCUT2D eigenvalue weighted by Gasteiger charge is -2.29. The molecule has 106 valence electrons. The number of hydrogen-bond donors (Lipinski definition) is 1. The Bertz CT molecular complexity index is 446. The molecule has 1 aromatic heterocycles. The van der Waals surface area contributed by atoms with Gasteiger partial charge in [-0.05, 0) is 62.5 Å². The molecule has 3 rings (SSSR count). The van der Waals surface area contributed by atoms with E-state index in [1.165, 1.54) is 56.3 Å². The van der Waals surface area contributed by atoms with Gasteiger partial charge in [0.2, 0.25) is 0 Å². The SMILES string of the molecule is Cc1cc2c(n1CC1CCCC(C)C1)CCCC2N. The molecule has 0 aromatic carbocycles. The summed E-state index contributed by atoms with van der Waals surface area (Å²) in [5.41, 5.74) is 10.7. The fraction of sp³-hybridized carbons (Fsp3) is 0.765. The van der Waals surface area contributed by atoms with Gasteiger partial charge >= 0.3 is 0 Å². The first-order valence-electron chi connectivity index (χ1n) is 8.09. The van der Waals surface area contributed by atoms with Crippen molar-refractivity contribution in [3.05, 3.63) is 23.0 Å². The molecular formula is C17H28N2. The van der Waals surface area contributed by atoms with E-state index in [1.54, 1.807) is 5.69 Å². The lowest BCUT2D eigenvalue weighted by molar-refractivity contribution is 0.253. The molecule has 1 aromatic rings. The van der Waals surface area contributed by atoms with Crippen LogP contribution in [0.1, 0.15) is 68.4 Å². The molecule has 1 fully saturated rings. The Morgan fingerprint density at radius 2 is 2.11 bits per heavy atom. The van der Waals surface area contributed by atoms with E-state index in [1.807, 2.05) is 0 Å². The van der Waals surface area contributed by atoms with Crippen molar-refractivity contribution in [3.8, 4) is 0 Å².